The van der Waals surface area contributed by atoms with E-state index < -0.39 is 62.7 Å². The molecule has 0 unspecified atom stereocenters. The van der Waals surface area contributed by atoms with E-state index in [2.05, 4.69) is 35.4 Å². The van der Waals surface area contributed by atoms with Crippen molar-refractivity contribution in [1.29, 1.82) is 0 Å². The van der Waals surface area contributed by atoms with Gasteiger partial charge in [0.25, 0.3) is 5.52 Å². The Balaban J connectivity index is 0.000000207. The minimum absolute atomic E-state index is 0.843. The van der Waals surface area contributed by atoms with Gasteiger partial charge in [-0.05, 0) is 38.1 Å². The summed E-state index contributed by atoms with van der Waals surface area (Å²) in [5.74, 6) is 2.59. The average Bonchev–Trinajstić information content (AvgIpc) is 3.45. The van der Waals surface area contributed by atoms with Crippen LogP contribution in [0.25, 0.3) is 17.2 Å². The number of hydrogen-bond acceptors (Lipinski definition) is 9. The van der Waals surface area contributed by atoms with Crippen molar-refractivity contribution in [1.82, 2.24) is 0 Å². The molecule has 5 aliphatic heterocycles. The average molecular weight is 755 g/mol. The summed E-state index contributed by atoms with van der Waals surface area (Å²) < 4.78 is 45.4. The molecule has 3 aromatic rings. The Kier molecular flexibility index (Phi) is 8.32. The van der Waals surface area contributed by atoms with Crippen molar-refractivity contribution in [2.45, 2.75) is 20.4 Å². The Morgan fingerprint density at radius 3 is 2.11 bits per heavy atom. The summed E-state index contributed by atoms with van der Waals surface area (Å²) in [6.07, 6.45) is 9.93. The van der Waals surface area contributed by atoms with E-state index in [1.54, 1.807) is 0 Å². The molecule has 6 heterocycles. The number of nitrogens with zero attached hydrogens (tertiary/aromatic N) is 2. The number of anilines is 1. The molecular weight excluding hydrogens is 732 g/mol. The van der Waals surface area contributed by atoms with Gasteiger partial charge in [-0.3, -0.25) is 0 Å². The quantitative estimate of drug-likeness (QED) is 0.222. The third kappa shape index (κ3) is 5.71. The zero-order valence-corrected chi connectivity index (χ0v) is 27.4. The van der Waals surface area contributed by atoms with E-state index in [1.165, 1.54) is 0 Å². The second-order valence-corrected chi connectivity index (χ2v) is 24.1. The van der Waals surface area contributed by atoms with E-state index >= 15 is 0 Å². The standard InChI is InChI=1S/C23H23N2O2.As4O6/c1-3-24-18-12-8-10-14-20(18)26-22(24)16-6-5-7-17-23-25(4-2)19-13-9-11-15-21(19)27-23;5-1-6-3-8-2(5)9-4(7-1)10-3/h5-17H,3-4H2,1-2H3;/q+1;. The van der Waals surface area contributed by atoms with Crippen LogP contribution in [0.4, 0.5) is 5.69 Å². The molecule has 5 aliphatic rings. The molecule has 14 heteroatoms. The molecule has 37 heavy (non-hydrogen) atoms. The van der Waals surface area contributed by atoms with Crippen LogP contribution in [0.1, 0.15) is 19.7 Å². The van der Waals surface area contributed by atoms with Crippen LogP contribution in [0.3, 0.4) is 0 Å². The molecule has 0 spiro atoms. The van der Waals surface area contributed by atoms with Crippen molar-refractivity contribution in [3.8, 4) is 5.75 Å². The summed E-state index contributed by atoms with van der Waals surface area (Å²) in [6.45, 7) is 5.96. The van der Waals surface area contributed by atoms with Crippen LogP contribution in [0.15, 0.2) is 83.1 Å². The Labute approximate surface area is 236 Å². The fourth-order valence-electron chi connectivity index (χ4n) is 3.85. The van der Waals surface area contributed by atoms with Crippen molar-refractivity contribution in [2.24, 2.45) is 0 Å². The van der Waals surface area contributed by atoms with Crippen LogP contribution >= 0.6 is 0 Å². The van der Waals surface area contributed by atoms with Gasteiger partial charge in [0.15, 0.2) is 5.75 Å². The number of hydrogen-bond donors (Lipinski definition) is 0. The predicted octanol–water partition coefficient (Wildman–Crippen LogP) is 3.14. The second-order valence-electron chi connectivity index (χ2n) is 7.60. The van der Waals surface area contributed by atoms with E-state index in [9.17, 15) is 0 Å². The van der Waals surface area contributed by atoms with Crippen LogP contribution in [0.2, 0.25) is 0 Å². The number of aryl methyl sites for hydroxylation is 1. The van der Waals surface area contributed by atoms with Gasteiger partial charge in [-0.25, -0.2) is 0 Å². The van der Waals surface area contributed by atoms with Crippen LogP contribution < -0.4 is 14.2 Å². The van der Waals surface area contributed by atoms with E-state index in [0.717, 1.165) is 47.4 Å². The molecule has 4 saturated heterocycles. The molecule has 10 nitrogen and oxygen atoms in total. The Hall–Kier alpha value is -1.28. The van der Waals surface area contributed by atoms with Crippen LogP contribution in [0, 0.1) is 0 Å². The maximum absolute atomic E-state index is 5.94. The summed E-state index contributed by atoms with van der Waals surface area (Å²) in [4.78, 5) is 2.16. The first kappa shape index (κ1) is 26.0. The zero-order valence-electron chi connectivity index (χ0n) is 19.9. The first-order valence-corrected chi connectivity index (χ1v) is 20.7. The van der Waals surface area contributed by atoms with Crippen molar-refractivity contribution in [3.05, 3.63) is 84.6 Å². The first-order valence-electron chi connectivity index (χ1n) is 11.5. The summed E-state index contributed by atoms with van der Waals surface area (Å²) in [7, 11) is 0. The zero-order chi connectivity index (χ0) is 25.2. The number of benzene rings is 2. The molecule has 0 atom stereocenters. The Morgan fingerprint density at radius 2 is 1.43 bits per heavy atom. The van der Waals surface area contributed by atoms with Gasteiger partial charge in [0.2, 0.25) is 11.5 Å². The van der Waals surface area contributed by atoms with E-state index in [0.29, 0.717) is 0 Å². The first-order chi connectivity index (χ1) is 18.2. The van der Waals surface area contributed by atoms with E-state index in [1.807, 2.05) is 66.8 Å². The normalized spacial score (nSPS) is 26.8. The molecule has 1 aromatic heterocycles. The van der Waals surface area contributed by atoms with E-state index in [4.69, 9.17) is 25.4 Å². The van der Waals surface area contributed by atoms with Crippen molar-refractivity contribution in [3.63, 3.8) is 0 Å². The number of allylic oxidation sites excluding steroid dienone is 4. The van der Waals surface area contributed by atoms with Gasteiger partial charge in [0.05, 0.1) is 11.8 Å². The molecular formula is C23H23As4N2O8+. The van der Waals surface area contributed by atoms with Gasteiger partial charge in [-0.2, -0.15) is 4.57 Å². The van der Waals surface area contributed by atoms with Gasteiger partial charge >= 0.3 is 84.9 Å². The fraction of sp³-hybridized carbons (Fsp3) is 0.174. The number of ether oxygens (including phenoxy) is 1. The third-order valence-corrected chi connectivity index (χ3v) is 26.2. The van der Waals surface area contributed by atoms with Crippen LogP contribution in [0.5, 0.6) is 5.75 Å². The monoisotopic (exact) mass is 755 g/mol. The molecule has 8 rings (SSSR count). The topological polar surface area (TPSA) is 84.9 Å². The van der Waals surface area contributed by atoms with Gasteiger partial charge in [-0.15, -0.1) is 0 Å². The SMILES string of the molecule is CCN1\C(=C/C=C/C=C/c2oc3ccccc3[n+]2CC)Oc2ccccc21.O1[As]2O[As]3O[As]1O[As](O2)O3. The predicted molar refractivity (Wildman–Crippen MR) is 138 cm³/mol. The van der Waals surface area contributed by atoms with E-state index in [-0.39, 0.29) is 0 Å². The van der Waals surface area contributed by atoms with Crippen LogP contribution in [-0.4, -0.2) is 69.2 Å². The van der Waals surface area contributed by atoms with Crippen molar-refractivity contribution in [2.75, 3.05) is 11.4 Å². The number of rotatable bonds is 5. The Bertz CT molecular complexity index is 1310. The molecule has 0 radical (unpaired) electrons. The van der Waals surface area contributed by atoms with Crippen molar-refractivity contribution >= 4 is 85.6 Å². The number of fused-ring (bicyclic) bond motifs is 2. The minimum atomic E-state index is -1.83. The summed E-state index contributed by atoms with van der Waals surface area (Å²) in [5, 5.41) is 0. The summed E-state index contributed by atoms with van der Waals surface area (Å²) in [5.41, 5.74) is 3.13. The molecule has 0 aliphatic carbocycles. The summed E-state index contributed by atoms with van der Waals surface area (Å²) in [6, 6.07) is 16.2. The molecule has 4 bridgehead atoms. The number of oxazole rings is 1. The molecule has 0 amide bonds. The molecule has 0 N–H and O–H groups in total. The van der Waals surface area contributed by atoms with Crippen molar-refractivity contribution < 1.29 is 30.0 Å². The number of aromatic nitrogens is 1. The molecule has 0 saturated carbocycles. The third-order valence-electron chi connectivity index (χ3n) is 5.41. The molecule has 192 valence electrons. The number of para-hydroxylation sites is 4. The van der Waals surface area contributed by atoms with Gasteiger partial charge in [0, 0.05) is 12.6 Å². The van der Waals surface area contributed by atoms with Gasteiger partial charge < -0.3 is 14.1 Å². The molecule has 4 fully saturated rings. The van der Waals surface area contributed by atoms with Crippen LogP contribution in [-0.2, 0) is 22.8 Å². The van der Waals surface area contributed by atoms with Gasteiger partial charge in [-0.1, -0.05) is 42.5 Å². The molecule has 2 aromatic carbocycles. The van der Waals surface area contributed by atoms with Gasteiger partial charge in [0.1, 0.15) is 6.54 Å². The maximum atomic E-state index is 5.94. The summed E-state index contributed by atoms with van der Waals surface area (Å²) >= 11 is -7.31. The second kappa shape index (κ2) is 11.9. The Morgan fingerprint density at radius 1 is 0.784 bits per heavy atom. The fourth-order valence-corrected chi connectivity index (χ4v) is 37.3.